The first-order valence-corrected chi connectivity index (χ1v) is 10.8. The molecule has 0 aliphatic carbocycles. The van der Waals surface area contributed by atoms with Gasteiger partial charge in [0, 0.05) is 10.7 Å². The molecule has 1 atom stereocenters. The highest BCUT2D eigenvalue weighted by atomic mass is 35.7. The van der Waals surface area contributed by atoms with Gasteiger partial charge in [-0.2, -0.15) is 0 Å². The van der Waals surface area contributed by atoms with Gasteiger partial charge >= 0.3 is 0 Å². The number of rotatable bonds is 10. The van der Waals surface area contributed by atoms with E-state index >= 15 is 0 Å². The molecular formula is C20H25ClO4S. The molecule has 0 aliphatic rings. The summed E-state index contributed by atoms with van der Waals surface area (Å²) < 4.78 is 34.3. The minimum Gasteiger partial charge on any atom is -0.374 e. The molecule has 6 heteroatoms. The third-order valence-electron chi connectivity index (χ3n) is 4.12. The van der Waals surface area contributed by atoms with Gasteiger partial charge in [-0.1, -0.05) is 60.7 Å². The average molecular weight is 397 g/mol. The molecule has 0 aromatic heterocycles. The molecule has 4 nitrogen and oxygen atoms in total. The Hall–Kier alpha value is -1.40. The second-order valence-corrected chi connectivity index (χ2v) is 10.0. The van der Waals surface area contributed by atoms with Crippen LogP contribution in [0.5, 0.6) is 0 Å². The summed E-state index contributed by atoms with van der Waals surface area (Å²) in [4.78, 5) is 0. The highest BCUT2D eigenvalue weighted by Gasteiger charge is 2.35. The number of benzene rings is 2. The number of hydrogen-bond acceptors (Lipinski definition) is 4. The van der Waals surface area contributed by atoms with Crippen molar-refractivity contribution in [3.05, 3.63) is 71.8 Å². The maximum Gasteiger partial charge on any atom is 0.237 e. The molecule has 0 radical (unpaired) electrons. The van der Waals surface area contributed by atoms with E-state index in [1.54, 1.807) is 13.8 Å². The van der Waals surface area contributed by atoms with Crippen LogP contribution >= 0.6 is 10.7 Å². The van der Waals surface area contributed by atoms with Crippen LogP contribution in [-0.4, -0.2) is 25.9 Å². The molecule has 0 spiro atoms. The Balaban J connectivity index is 1.97. The fraction of sp³-hybridized carbons (Fsp3) is 0.400. The minimum absolute atomic E-state index is 0.250. The maximum absolute atomic E-state index is 11.8. The fourth-order valence-electron chi connectivity index (χ4n) is 2.48. The third-order valence-corrected chi connectivity index (χ3v) is 6.86. The van der Waals surface area contributed by atoms with E-state index in [9.17, 15) is 8.42 Å². The van der Waals surface area contributed by atoms with Crippen molar-refractivity contribution in [2.24, 2.45) is 0 Å². The molecule has 2 rings (SSSR count). The molecule has 0 aliphatic heterocycles. The van der Waals surface area contributed by atoms with Gasteiger partial charge in [0.25, 0.3) is 0 Å². The van der Waals surface area contributed by atoms with E-state index in [1.165, 1.54) is 0 Å². The standard InChI is InChI=1S/C20H25ClO4S/c1-20(2,26(21,22)23)13-19(25-15-18-11-7-4-8-12-18)16-24-14-17-9-5-3-6-10-17/h3-12,19H,13-16H2,1-2H3. The van der Waals surface area contributed by atoms with E-state index in [1.807, 2.05) is 60.7 Å². The molecule has 0 fully saturated rings. The summed E-state index contributed by atoms with van der Waals surface area (Å²) in [5, 5.41) is 0. The van der Waals surface area contributed by atoms with Crippen LogP contribution in [0.1, 0.15) is 31.4 Å². The molecule has 0 bridgehead atoms. The Morgan fingerprint density at radius 2 is 1.42 bits per heavy atom. The molecule has 1 unspecified atom stereocenters. The molecule has 26 heavy (non-hydrogen) atoms. The highest BCUT2D eigenvalue weighted by molar-refractivity contribution is 8.14. The predicted molar refractivity (Wildman–Crippen MR) is 105 cm³/mol. The maximum atomic E-state index is 11.8. The fourth-order valence-corrected chi connectivity index (χ4v) is 3.06. The van der Waals surface area contributed by atoms with Crippen molar-refractivity contribution in [2.45, 2.75) is 44.3 Å². The summed E-state index contributed by atoms with van der Waals surface area (Å²) in [5.74, 6) is 0. The van der Waals surface area contributed by atoms with Gasteiger partial charge in [0.15, 0.2) is 0 Å². The van der Waals surface area contributed by atoms with Gasteiger partial charge in [0.05, 0.1) is 30.7 Å². The van der Waals surface area contributed by atoms with Crippen molar-refractivity contribution in [2.75, 3.05) is 6.61 Å². The lowest BCUT2D eigenvalue weighted by Crippen LogP contribution is -2.36. The Morgan fingerprint density at radius 1 is 0.923 bits per heavy atom. The predicted octanol–water partition coefficient (Wildman–Crippen LogP) is 4.53. The molecule has 0 saturated carbocycles. The molecular weight excluding hydrogens is 372 g/mol. The zero-order chi connectivity index (χ0) is 19.0. The smallest absolute Gasteiger partial charge is 0.237 e. The van der Waals surface area contributed by atoms with Crippen molar-refractivity contribution in [1.29, 1.82) is 0 Å². The average Bonchev–Trinajstić information content (AvgIpc) is 2.60. The zero-order valence-electron chi connectivity index (χ0n) is 15.1. The summed E-state index contributed by atoms with van der Waals surface area (Å²) in [6, 6.07) is 19.5. The molecule has 0 N–H and O–H groups in total. The minimum atomic E-state index is -3.72. The van der Waals surface area contributed by atoms with Crippen LogP contribution < -0.4 is 0 Å². The summed E-state index contributed by atoms with van der Waals surface area (Å²) in [6.07, 6.45) is -0.136. The van der Waals surface area contributed by atoms with E-state index < -0.39 is 13.8 Å². The molecule has 0 amide bonds. The lowest BCUT2D eigenvalue weighted by atomic mass is 10.1. The number of hydrogen-bond donors (Lipinski definition) is 0. The van der Waals surface area contributed by atoms with Crippen LogP contribution in [0.2, 0.25) is 0 Å². The van der Waals surface area contributed by atoms with Crippen molar-refractivity contribution in [3.8, 4) is 0 Å². The van der Waals surface area contributed by atoms with E-state index in [0.717, 1.165) is 11.1 Å². The molecule has 2 aromatic rings. The van der Waals surface area contributed by atoms with Crippen LogP contribution in [-0.2, 0) is 31.7 Å². The van der Waals surface area contributed by atoms with Crippen molar-refractivity contribution in [1.82, 2.24) is 0 Å². The zero-order valence-corrected chi connectivity index (χ0v) is 16.7. The van der Waals surface area contributed by atoms with Gasteiger partial charge in [-0.05, 0) is 31.4 Å². The lowest BCUT2D eigenvalue weighted by Gasteiger charge is -2.27. The Morgan fingerprint density at radius 3 is 1.92 bits per heavy atom. The Labute approximate surface area is 160 Å². The summed E-state index contributed by atoms with van der Waals surface area (Å²) >= 11 is 0. The van der Waals surface area contributed by atoms with Gasteiger partial charge in [-0.3, -0.25) is 0 Å². The Bertz CT molecular complexity index is 761. The summed E-state index contributed by atoms with van der Waals surface area (Å²) in [7, 11) is 1.87. The number of halogens is 1. The first kappa shape index (κ1) is 20.9. The van der Waals surface area contributed by atoms with E-state index in [4.69, 9.17) is 20.2 Å². The van der Waals surface area contributed by atoms with Crippen LogP contribution in [0.15, 0.2) is 60.7 Å². The largest absolute Gasteiger partial charge is 0.374 e. The van der Waals surface area contributed by atoms with Crippen LogP contribution in [0.3, 0.4) is 0 Å². The molecule has 0 saturated heterocycles. The molecule has 142 valence electrons. The van der Waals surface area contributed by atoms with Crippen molar-refractivity contribution in [3.63, 3.8) is 0 Å². The van der Waals surface area contributed by atoms with Gasteiger partial charge in [-0.15, -0.1) is 0 Å². The normalized spacial score (nSPS) is 13.5. The topological polar surface area (TPSA) is 52.6 Å². The third kappa shape index (κ3) is 6.72. The lowest BCUT2D eigenvalue weighted by molar-refractivity contribution is -0.0367. The van der Waals surface area contributed by atoms with E-state index in [0.29, 0.717) is 13.2 Å². The van der Waals surface area contributed by atoms with Crippen LogP contribution in [0, 0.1) is 0 Å². The SMILES string of the molecule is CC(C)(CC(COCc1ccccc1)OCc1ccccc1)S(=O)(=O)Cl. The number of ether oxygens (including phenoxy) is 2. The van der Waals surface area contributed by atoms with Gasteiger partial charge in [0.2, 0.25) is 9.05 Å². The second-order valence-electron chi connectivity index (χ2n) is 6.82. The molecule has 2 aromatic carbocycles. The second kappa shape index (κ2) is 9.51. The highest BCUT2D eigenvalue weighted by Crippen LogP contribution is 2.27. The van der Waals surface area contributed by atoms with E-state index in [2.05, 4.69) is 0 Å². The Kier molecular flexibility index (Phi) is 7.65. The monoisotopic (exact) mass is 396 g/mol. The van der Waals surface area contributed by atoms with Gasteiger partial charge in [0.1, 0.15) is 0 Å². The quantitative estimate of drug-likeness (QED) is 0.554. The van der Waals surface area contributed by atoms with E-state index in [-0.39, 0.29) is 19.1 Å². The van der Waals surface area contributed by atoms with Crippen molar-refractivity contribution >= 4 is 19.7 Å². The summed E-state index contributed by atoms with van der Waals surface area (Å²) in [6.45, 7) is 4.33. The first-order valence-electron chi connectivity index (χ1n) is 8.49. The van der Waals surface area contributed by atoms with Gasteiger partial charge in [-0.25, -0.2) is 8.42 Å². The molecule has 0 heterocycles. The van der Waals surface area contributed by atoms with Crippen LogP contribution in [0.4, 0.5) is 0 Å². The van der Waals surface area contributed by atoms with Crippen LogP contribution in [0.25, 0.3) is 0 Å². The van der Waals surface area contributed by atoms with Crippen molar-refractivity contribution < 1.29 is 17.9 Å². The van der Waals surface area contributed by atoms with Gasteiger partial charge < -0.3 is 9.47 Å². The first-order chi connectivity index (χ1) is 12.3. The summed E-state index contributed by atoms with van der Waals surface area (Å²) in [5.41, 5.74) is 2.07.